The van der Waals surface area contributed by atoms with Crippen LogP contribution >= 0.6 is 11.6 Å². The highest BCUT2D eigenvalue weighted by Crippen LogP contribution is 2.11. The lowest BCUT2D eigenvalue weighted by Crippen LogP contribution is -2.19. The number of hydrazone groups is 1. The molecule has 17 heavy (non-hydrogen) atoms. The molecule has 1 aromatic carbocycles. The summed E-state index contributed by atoms with van der Waals surface area (Å²) >= 11 is 5.91. The summed E-state index contributed by atoms with van der Waals surface area (Å²) < 4.78 is 0. The zero-order valence-corrected chi connectivity index (χ0v) is 9.35. The van der Waals surface area contributed by atoms with Gasteiger partial charge in [-0.2, -0.15) is 10.2 Å². The number of hydrogen-bond donors (Lipinski definition) is 2. The molecule has 0 spiro atoms. The Bertz CT molecular complexity index is 537. The first-order valence-corrected chi connectivity index (χ1v) is 5.08. The van der Waals surface area contributed by atoms with Crippen LogP contribution in [0.25, 0.3) is 0 Å². The van der Waals surface area contributed by atoms with Gasteiger partial charge < -0.3 is 0 Å². The van der Waals surface area contributed by atoms with Crippen LogP contribution in [0.15, 0.2) is 35.7 Å². The van der Waals surface area contributed by atoms with Crippen molar-refractivity contribution in [1.82, 2.24) is 20.6 Å². The number of benzene rings is 1. The van der Waals surface area contributed by atoms with Crippen LogP contribution in [0.1, 0.15) is 16.2 Å². The molecular weight excluding hydrogens is 242 g/mol. The average molecular weight is 250 g/mol. The monoisotopic (exact) mass is 249 g/mol. The topological polar surface area (TPSA) is 83.0 Å². The van der Waals surface area contributed by atoms with E-state index in [-0.39, 0.29) is 5.82 Å². The smallest absolute Gasteiger partial charge is 0.264 e. The molecule has 7 heteroatoms. The van der Waals surface area contributed by atoms with Gasteiger partial charge in [0, 0.05) is 10.6 Å². The van der Waals surface area contributed by atoms with E-state index in [2.05, 4.69) is 25.7 Å². The van der Waals surface area contributed by atoms with E-state index in [1.807, 2.05) is 12.1 Å². The average Bonchev–Trinajstić information content (AvgIpc) is 2.85. The van der Waals surface area contributed by atoms with Gasteiger partial charge in [-0.1, -0.05) is 29.8 Å². The summed E-state index contributed by atoms with van der Waals surface area (Å²) in [5.41, 5.74) is 3.01. The fourth-order valence-corrected chi connectivity index (χ4v) is 1.29. The van der Waals surface area contributed by atoms with Gasteiger partial charge in [0.05, 0.1) is 6.21 Å². The number of nitrogens with zero attached hydrogens (tertiary/aromatic N) is 3. The van der Waals surface area contributed by atoms with Gasteiger partial charge in [-0.15, -0.1) is 0 Å². The molecule has 1 heterocycles. The predicted molar refractivity (Wildman–Crippen MR) is 62.9 cm³/mol. The molecule has 0 bridgehead atoms. The standard InChI is InChI=1S/C10H8ClN5O/c11-8-4-2-1-3-7(8)5-13-16-10(17)9-12-6-14-15-9/h1-6H,(H,16,17)(H,12,14,15). The number of aromatic amines is 1. The first kappa shape index (κ1) is 11.3. The molecule has 0 unspecified atom stereocenters. The predicted octanol–water partition coefficient (Wildman–Crippen LogP) is 1.22. The van der Waals surface area contributed by atoms with Crippen molar-refractivity contribution < 1.29 is 4.79 Å². The van der Waals surface area contributed by atoms with Gasteiger partial charge in [-0.25, -0.2) is 10.4 Å². The van der Waals surface area contributed by atoms with Crippen molar-refractivity contribution in [3.8, 4) is 0 Å². The summed E-state index contributed by atoms with van der Waals surface area (Å²) in [6.07, 6.45) is 2.70. The molecule has 1 aromatic heterocycles. The van der Waals surface area contributed by atoms with Crippen LogP contribution in [0, 0.1) is 0 Å². The Morgan fingerprint density at radius 1 is 1.47 bits per heavy atom. The van der Waals surface area contributed by atoms with E-state index in [0.717, 1.165) is 0 Å². The second-order valence-corrected chi connectivity index (χ2v) is 3.46. The highest BCUT2D eigenvalue weighted by atomic mass is 35.5. The zero-order valence-electron chi connectivity index (χ0n) is 8.59. The van der Waals surface area contributed by atoms with Crippen molar-refractivity contribution in [3.63, 3.8) is 0 Å². The number of carbonyl (C=O) groups excluding carboxylic acids is 1. The number of H-pyrrole nitrogens is 1. The van der Waals surface area contributed by atoms with E-state index in [1.54, 1.807) is 12.1 Å². The quantitative estimate of drug-likeness (QED) is 0.634. The lowest BCUT2D eigenvalue weighted by Gasteiger charge is -1.96. The van der Waals surface area contributed by atoms with Gasteiger partial charge in [0.15, 0.2) is 0 Å². The number of carbonyl (C=O) groups is 1. The lowest BCUT2D eigenvalue weighted by atomic mass is 10.2. The number of nitrogens with one attached hydrogen (secondary N) is 2. The molecule has 6 nitrogen and oxygen atoms in total. The number of rotatable bonds is 3. The van der Waals surface area contributed by atoms with Crippen LogP contribution in [0.3, 0.4) is 0 Å². The number of halogens is 1. The summed E-state index contributed by atoms with van der Waals surface area (Å²) in [6.45, 7) is 0. The molecule has 0 aliphatic carbocycles. The minimum Gasteiger partial charge on any atom is -0.264 e. The molecule has 2 rings (SSSR count). The highest BCUT2D eigenvalue weighted by Gasteiger charge is 2.06. The van der Waals surface area contributed by atoms with Crippen molar-refractivity contribution in [2.75, 3.05) is 0 Å². The Labute approximate surface area is 102 Å². The molecule has 86 valence electrons. The summed E-state index contributed by atoms with van der Waals surface area (Å²) in [4.78, 5) is 15.1. The highest BCUT2D eigenvalue weighted by molar-refractivity contribution is 6.33. The van der Waals surface area contributed by atoms with Gasteiger partial charge in [-0.3, -0.25) is 9.89 Å². The molecule has 2 aromatic rings. The first-order valence-electron chi connectivity index (χ1n) is 4.70. The Balaban J connectivity index is 1.99. The van der Waals surface area contributed by atoms with Crippen LogP contribution in [-0.2, 0) is 0 Å². The Morgan fingerprint density at radius 2 is 2.29 bits per heavy atom. The van der Waals surface area contributed by atoms with Crippen molar-refractivity contribution in [2.24, 2.45) is 5.10 Å². The number of hydrogen-bond acceptors (Lipinski definition) is 4. The van der Waals surface area contributed by atoms with E-state index in [0.29, 0.717) is 10.6 Å². The van der Waals surface area contributed by atoms with Crippen LogP contribution < -0.4 is 5.43 Å². The Hall–Kier alpha value is -2.21. The van der Waals surface area contributed by atoms with Crippen LogP contribution in [0.4, 0.5) is 0 Å². The van der Waals surface area contributed by atoms with Gasteiger partial charge in [-0.05, 0) is 6.07 Å². The lowest BCUT2D eigenvalue weighted by molar-refractivity contribution is 0.0945. The minimum absolute atomic E-state index is 0.0984. The molecule has 0 atom stereocenters. The summed E-state index contributed by atoms with van der Waals surface area (Å²) in [5, 5.41) is 10.3. The molecule has 0 fully saturated rings. The maximum absolute atomic E-state index is 11.4. The number of aromatic nitrogens is 3. The van der Waals surface area contributed by atoms with Crippen LogP contribution in [0.2, 0.25) is 5.02 Å². The van der Waals surface area contributed by atoms with Gasteiger partial charge >= 0.3 is 5.91 Å². The summed E-state index contributed by atoms with van der Waals surface area (Å²) in [6, 6.07) is 7.16. The Kier molecular flexibility index (Phi) is 3.46. The largest absolute Gasteiger partial charge is 0.308 e. The van der Waals surface area contributed by atoms with Crippen molar-refractivity contribution in [1.29, 1.82) is 0 Å². The van der Waals surface area contributed by atoms with Gasteiger partial charge in [0.25, 0.3) is 0 Å². The van der Waals surface area contributed by atoms with Crippen LogP contribution in [-0.4, -0.2) is 27.3 Å². The summed E-state index contributed by atoms with van der Waals surface area (Å²) in [5.74, 6) is -0.368. The Morgan fingerprint density at radius 3 is 3.00 bits per heavy atom. The fourth-order valence-electron chi connectivity index (χ4n) is 1.11. The van der Waals surface area contributed by atoms with Crippen molar-refractivity contribution in [2.45, 2.75) is 0 Å². The molecule has 0 saturated heterocycles. The van der Waals surface area contributed by atoms with Crippen molar-refractivity contribution >= 4 is 23.7 Å². The van der Waals surface area contributed by atoms with Gasteiger partial charge in [0.2, 0.25) is 5.82 Å². The van der Waals surface area contributed by atoms with Crippen molar-refractivity contribution in [3.05, 3.63) is 47.0 Å². The minimum atomic E-state index is -0.467. The molecule has 0 radical (unpaired) electrons. The molecule has 0 saturated carbocycles. The molecule has 2 N–H and O–H groups in total. The van der Waals surface area contributed by atoms with E-state index < -0.39 is 5.91 Å². The normalized spacial score (nSPS) is 10.6. The fraction of sp³-hybridized carbons (Fsp3) is 0. The molecule has 0 aliphatic rings. The third-order valence-electron chi connectivity index (χ3n) is 1.91. The molecule has 1 amide bonds. The maximum atomic E-state index is 11.4. The van der Waals surface area contributed by atoms with E-state index in [9.17, 15) is 4.79 Å². The van der Waals surface area contributed by atoms with Gasteiger partial charge in [0.1, 0.15) is 6.33 Å². The molecular formula is C10H8ClN5O. The van der Waals surface area contributed by atoms with E-state index >= 15 is 0 Å². The third-order valence-corrected chi connectivity index (χ3v) is 2.25. The molecule has 0 aliphatic heterocycles. The van der Waals surface area contributed by atoms with Crippen LogP contribution in [0.5, 0.6) is 0 Å². The number of amides is 1. The summed E-state index contributed by atoms with van der Waals surface area (Å²) in [7, 11) is 0. The SMILES string of the molecule is O=C(NN=Cc1ccccc1Cl)c1ncn[nH]1. The van der Waals surface area contributed by atoms with E-state index in [1.165, 1.54) is 12.5 Å². The second kappa shape index (κ2) is 5.22. The zero-order chi connectivity index (χ0) is 12.1. The second-order valence-electron chi connectivity index (χ2n) is 3.05. The van der Waals surface area contributed by atoms with E-state index in [4.69, 9.17) is 11.6 Å². The third kappa shape index (κ3) is 2.88. The maximum Gasteiger partial charge on any atom is 0.308 e. The first-order chi connectivity index (χ1) is 8.27.